The van der Waals surface area contributed by atoms with Crippen LogP contribution in [0.4, 0.5) is 5.69 Å². The number of carbonyl (C=O) groups is 1. The van der Waals surface area contributed by atoms with E-state index in [0.29, 0.717) is 0 Å². The lowest BCUT2D eigenvalue weighted by atomic mass is 10.2. The van der Waals surface area contributed by atoms with Crippen LogP contribution in [0.25, 0.3) is 0 Å². The maximum absolute atomic E-state index is 12.1. The van der Waals surface area contributed by atoms with Gasteiger partial charge >= 0.3 is 11.7 Å². The average molecular weight is 357 g/mol. The normalized spacial score (nSPS) is 12.9. The van der Waals surface area contributed by atoms with Crippen LogP contribution < -0.4 is 4.72 Å². The van der Waals surface area contributed by atoms with Crippen LogP contribution in [0.3, 0.4) is 0 Å². The van der Waals surface area contributed by atoms with E-state index in [2.05, 4.69) is 0 Å². The van der Waals surface area contributed by atoms with Crippen molar-refractivity contribution in [1.29, 1.82) is 0 Å². The summed E-state index contributed by atoms with van der Waals surface area (Å²) in [5.74, 6) is -1.37. The van der Waals surface area contributed by atoms with E-state index in [1.807, 2.05) is 4.72 Å². The maximum Gasteiger partial charge on any atom is 0.321 e. The summed E-state index contributed by atoms with van der Waals surface area (Å²) in [5.41, 5.74) is -0.760. The highest BCUT2D eigenvalue weighted by molar-refractivity contribution is 7.89. The molecule has 1 atom stereocenters. The van der Waals surface area contributed by atoms with Gasteiger partial charge in [-0.25, -0.2) is 8.42 Å². The van der Waals surface area contributed by atoms with E-state index in [0.717, 1.165) is 12.1 Å². The third-order valence-corrected chi connectivity index (χ3v) is 4.82. The van der Waals surface area contributed by atoms with Crippen molar-refractivity contribution in [3.63, 3.8) is 0 Å². The molecule has 1 rings (SSSR count). The zero-order valence-corrected chi connectivity index (χ0v) is 12.9. The highest BCUT2D eigenvalue weighted by Crippen LogP contribution is 2.37. The van der Waals surface area contributed by atoms with Crippen molar-refractivity contribution >= 4 is 44.9 Å². The second-order valence-electron chi connectivity index (χ2n) is 3.89. The fourth-order valence-corrected chi connectivity index (χ4v) is 3.62. The van der Waals surface area contributed by atoms with Crippen LogP contribution in [-0.4, -0.2) is 30.5 Å². The van der Waals surface area contributed by atoms with Gasteiger partial charge in [0.1, 0.15) is 21.0 Å². The van der Waals surface area contributed by atoms with Gasteiger partial charge in [0.2, 0.25) is 10.0 Å². The Bertz CT molecular complexity index is 691. The summed E-state index contributed by atoms with van der Waals surface area (Å²) in [7, 11) is -4.35. The molecule has 0 aliphatic rings. The summed E-state index contributed by atoms with van der Waals surface area (Å²) >= 11 is 11.3. The number of hydrogen-bond acceptors (Lipinski definition) is 5. The van der Waals surface area contributed by atoms with Gasteiger partial charge in [0.25, 0.3) is 0 Å². The van der Waals surface area contributed by atoms with E-state index in [4.69, 9.17) is 28.3 Å². The number of nitro benzene ring substituents is 1. The highest BCUT2D eigenvalue weighted by atomic mass is 35.5. The minimum Gasteiger partial charge on any atom is -0.480 e. The fraction of sp³-hybridized carbons (Fsp3) is 0.300. The fourth-order valence-electron chi connectivity index (χ4n) is 1.46. The molecule has 8 nitrogen and oxygen atoms in total. The first-order valence-electron chi connectivity index (χ1n) is 5.49. The molecule has 116 valence electrons. The molecule has 0 aromatic heterocycles. The Kier molecular flexibility index (Phi) is 5.51. The Morgan fingerprint density at radius 3 is 2.48 bits per heavy atom. The van der Waals surface area contributed by atoms with Crippen LogP contribution in [0.15, 0.2) is 17.0 Å². The van der Waals surface area contributed by atoms with Crippen molar-refractivity contribution in [3.05, 3.63) is 32.3 Å². The summed E-state index contributed by atoms with van der Waals surface area (Å²) < 4.78 is 26.1. The number of aliphatic carboxylic acids is 1. The van der Waals surface area contributed by atoms with Gasteiger partial charge in [0, 0.05) is 0 Å². The van der Waals surface area contributed by atoms with Crippen LogP contribution in [0.2, 0.25) is 10.0 Å². The number of nitrogens with zero attached hydrogens (tertiary/aromatic N) is 1. The molecule has 0 heterocycles. The van der Waals surface area contributed by atoms with Crippen molar-refractivity contribution in [2.75, 3.05) is 0 Å². The maximum atomic E-state index is 12.1. The van der Waals surface area contributed by atoms with Crippen LogP contribution in [-0.2, 0) is 14.8 Å². The van der Waals surface area contributed by atoms with Crippen LogP contribution in [0, 0.1) is 10.1 Å². The van der Waals surface area contributed by atoms with E-state index >= 15 is 0 Å². The lowest BCUT2D eigenvalue weighted by Gasteiger charge is -2.13. The van der Waals surface area contributed by atoms with Crippen molar-refractivity contribution < 1.29 is 23.2 Å². The molecule has 21 heavy (non-hydrogen) atoms. The third kappa shape index (κ3) is 3.82. The minimum atomic E-state index is -4.35. The number of benzene rings is 1. The Labute approximate surface area is 129 Å². The third-order valence-electron chi connectivity index (χ3n) is 2.51. The van der Waals surface area contributed by atoms with Gasteiger partial charge < -0.3 is 5.11 Å². The van der Waals surface area contributed by atoms with Crippen molar-refractivity contribution in [1.82, 2.24) is 4.72 Å². The molecule has 0 amide bonds. The first-order chi connectivity index (χ1) is 9.61. The van der Waals surface area contributed by atoms with Crippen molar-refractivity contribution in [2.24, 2.45) is 0 Å². The van der Waals surface area contributed by atoms with Crippen LogP contribution in [0.5, 0.6) is 0 Å². The van der Waals surface area contributed by atoms with Crippen molar-refractivity contribution in [2.45, 2.75) is 24.3 Å². The second kappa shape index (κ2) is 6.56. The number of carboxylic acid groups (broad SMARTS) is 1. The molecule has 0 saturated heterocycles. The number of nitrogens with one attached hydrogen (secondary N) is 1. The summed E-state index contributed by atoms with van der Waals surface area (Å²) in [4.78, 5) is 20.2. The molecular formula is C10H10Cl2N2O6S. The van der Waals surface area contributed by atoms with Gasteiger partial charge in [0.15, 0.2) is 0 Å². The highest BCUT2D eigenvalue weighted by Gasteiger charge is 2.30. The molecule has 0 bridgehead atoms. The number of sulfonamides is 1. The van der Waals surface area contributed by atoms with Gasteiger partial charge in [-0.3, -0.25) is 14.9 Å². The average Bonchev–Trinajstić information content (AvgIpc) is 2.34. The van der Waals surface area contributed by atoms with E-state index in [-0.39, 0.29) is 11.4 Å². The van der Waals surface area contributed by atoms with Gasteiger partial charge in [-0.15, -0.1) is 0 Å². The number of hydrogen-bond donors (Lipinski definition) is 2. The molecular weight excluding hydrogens is 347 g/mol. The van der Waals surface area contributed by atoms with Crippen LogP contribution in [0.1, 0.15) is 13.3 Å². The molecule has 0 fully saturated rings. The summed E-state index contributed by atoms with van der Waals surface area (Å²) in [6.07, 6.45) is -0.0120. The molecule has 11 heteroatoms. The zero-order valence-electron chi connectivity index (χ0n) is 10.5. The Balaban J connectivity index is 3.36. The van der Waals surface area contributed by atoms with E-state index in [1.165, 1.54) is 6.92 Å². The summed E-state index contributed by atoms with van der Waals surface area (Å²) in [5, 5.41) is 18.7. The second-order valence-corrected chi connectivity index (χ2v) is 6.35. The van der Waals surface area contributed by atoms with Gasteiger partial charge in [-0.1, -0.05) is 30.1 Å². The molecule has 0 aliphatic heterocycles. The first-order valence-corrected chi connectivity index (χ1v) is 7.73. The van der Waals surface area contributed by atoms with E-state index in [9.17, 15) is 23.3 Å². The van der Waals surface area contributed by atoms with E-state index in [1.54, 1.807) is 0 Å². The van der Waals surface area contributed by atoms with Crippen molar-refractivity contribution in [3.8, 4) is 0 Å². The predicted molar refractivity (Wildman–Crippen MR) is 75.2 cm³/mol. The molecule has 0 aliphatic carbocycles. The summed E-state index contributed by atoms with van der Waals surface area (Å²) in [6, 6.07) is 0.594. The summed E-state index contributed by atoms with van der Waals surface area (Å²) in [6.45, 7) is 1.47. The SMILES string of the molecule is CC[C@H](NS(=O)(=O)c1ccc(Cl)c([N+](=O)[O-])c1Cl)C(=O)O. The Morgan fingerprint density at radius 2 is 2.05 bits per heavy atom. The molecule has 0 saturated carbocycles. The van der Waals surface area contributed by atoms with E-state index < -0.39 is 42.6 Å². The lowest BCUT2D eigenvalue weighted by molar-refractivity contribution is -0.384. The number of carboxylic acids is 1. The van der Waals surface area contributed by atoms with Crippen LogP contribution >= 0.6 is 23.2 Å². The number of nitro groups is 1. The molecule has 1 aromatic carbocycles. The largest absolute Gasteiger partial charge is 0.480 e. The van der Waals surface area contributed by atoms with Gasteiger partial charge in [0.05, 0.1) is 4.92 Å². The van der Waals surface area contributed by atoms with Gasteiger partial charge in [-0.2, -0.15) is 4.72 Å². The standard InChI is InChI=1S/C10H10Cl2N2O6S/c1-2-6(10(15)16)13-21(19,20)7-4-3-5(11)9(8(7)12)14(17)18/h3-4,6,13H,2H2,1H3,(H,15,16)/t6-/m0/s1. The first kappa shape index (κ1) is 17.6. The Hall–Kier alpha value is -1.42. The lowest BCUT2D eigenvalue weighted by Crippen LogP contribution is -2.40. The smallest absolute Gasteiger partial charge is 0.321 e. The minimum absolute atomic E-state index is 0.0120. The molecule has 0 spiro atoms. The Morgan fingerprint density at radius 1 is 1.48 bits per heavy atom. The molecule has 2 N–H and O–H groups in total. The zero-order chi connectivity index (χ0) is 16.4. The topological polar surface area (TPSA) is 127 Å². The molecule has 0 radical (unpaired) electrons. The molecule has 1 aromatic rings. The van der Waals surface area contributed by atoms with Gasteiger partial charge in [-0.05, 0) is 18.6 Å². The number of halogens is 2. The monoisotopic (exact) mass is 356 g/mol. The number of rotatable bonds is 6. The predicted octanol–water partition coefficient (Wildman–Crippen LogP) is 2.04. The molecule has 0 unspecified atom stereocenters. The quantitative estimate of drug-likeness (QED) is 0.593.